The zero-order valence-corrected chi connectivity index (χ0v) is 67.8. The Bertz CT molecular complexity index is 3050. The van der Waals surface area contributed by atoms with Crippen LogP contribution in [0.4, 0.5) is 0 Å². The highest BCUT2D eigenvalue weighted by atomic mass is 33.1. The molecule has 1 aliphatic heterocycles. The molecule has 13 amide bonds. The molecule has 0 unspecified atom stereocenters. The lowest BCUT2D eigenvalue weighted by molar-refractivity contribution is -0.157. The van der Waals surface area contributed by atoms with Crippen LogP contribution in [0.5, 0.6) is 0 Å². The van der Waals surface area contributed by atoms with Crippen molar-refractivity contribution in [3.05, 3.63) is 36.5 Å². The zero-order chi connectivity index (χ0) is 79.3. The largest absolute Gasteiger partial charge is 0.390 e. The van der Waals surface area contributed by atoms with E-state index in [0.717, 1.165) is 14.8 Å². The molecule has 28 nitrogen and oxygen atoms in total. The van der Waals surface area contributed by atoms with Gasteiger partial charge in [0.15, 0.2) is 0 Å². The molecule has 1 aromatic rings. The van der Waals surface area contributed by atoms with Gasteiger partial charge in [0.1, 0.15) is 65.4 Å². The summed E-state index contributed by atoms with van der Waals surface area (Å²) in [5, 5.41) is 29.9. The van der Waals surface area contributed by atoms with Crippen LogP contribution in [0.25, 0.3) is 0 Å². The van der Waals surface area contributed by atoms with E-state index in [0.29, 0.717) is 18.6 Å². The van der Waals surface area contributed by atoms with E-state index in [9.17, 15) is 48.3 Å². The van der Waals surface area contributed by atoms with Crippen LogP contribution in [0.2, 0.25) is 0 Å². The second-order valence-electron chi connectivity index (χ2n) is 30.1. The molecule has 2 heterocycles. The highest BCUT2D eigenvalue weighted by Crippen LogP contribution is 2.30. The number of rotatable bonds is 26. The van der Waals surface area contributed by atoms with E-state index in [1.165, 1.54) is 109 Å². The van der Waals surface area contributed by atoms with Crippen molar-refractivity contribution in [3.8, 4) is 0 Å². The Morgan fingerprint density at radius 1 is 0.538 bits per heavy atom. The number of nitrogens with zero attached hydrogens (tertiary/aromatic N) is 8. The molecule has 1 aliphatic rings. The van der Waals surface area contributed by atoms with Gasteiger partial charge >= 0.3 is 0 Å². The summed E-state index contributed by atoms with van der Waals surface area (Å²) >= 11 is 0. The van der Waals surface area contributed by atoms with Gasteiger partial charge in [-0.25, -0.2) is 4.98 Å². The van der Waals surface area contributed by atoms with Crippen LogP contribution >= 0.6 is 21.6 Å². The standard InChI is InChI=1S/C74H126N14O14S2/c1-24-52-70(98)82(17)42-60(91)83(18)53(38-43(2)3)67(95)81-61(47(10)11)73(101)84(19)54(39-44(4)5)66(94)78-50(15)65(93)79-51(16)69(97)85(20)55(40-45(6)7)71(99)86(21)56(41-46(8)9)72(100)87(22)62(48(12)13)74(102)88(23)63(68(96)80-52)64(92)49(14)30-26-25-27-31-57(89)75-35-36-76-58(90)33-37-103-104-59-32-28-29-34-77-59/h25-26,28-29,32,34,43-56,61-64,92H,24,27,30-31,33,35-42H2,1-23H3,(H,75,89)(H,76,90)(H,78,94)(H,79,93)(H,80,96)(H,81,95)/b26-25+/t49-,50+,51-,52+,53+,54+,55+,56+,61+,62+,63+,64-/m1/s1. The molecule has 104 heavy (non-hydrogen) atoms. The van der Waals surface area contributed by atoms with Gasteiger partial charge in [-0.15, -0.1) is 0 Å². The number of nitrogens with one attached hydrogen (secondary N) is 6. The van der Waals surface area contributed by atoms with Crippen molar-refractivity contribution in [2.45, 2.75) is 240 Å². The van der Waals surface area contributed by atoms with Crippen molar-refractivity contribution in [2.24, 2.45) is 41.4 Å². The second-order valence-corrected chi connectivity index (χ2v) is 32.5. The molecule has 1 fully saturated rings. The first kappa shape index (κ1) is 92.7. The van der Waals surface area contributed by atoms with E-state index in [1.807, 2.05) is 73.6 Å². The average molecular weight is 1500 g/mol. The lowest BCUT2D eigenvalue weighted by atomic mass is 9.91. The summed E-state index contributed by atoms with van der Waals surface area (Å²) in [7, 11) is 12.8. The van der Waals surface area contributed by atoms with Crippen molar-refractivity contribution >= 4 is 98.4 Å². The normalized spacial score (nSPS) is 24.0. The van der Waals surface area contributed by atoms with Gasteiger partial charge in [0.2, 0.25) is 76.8 Å². The molecule has 0 aliphatic carbocycles. The van der Waals surface area contributed by atoms with Crippen LogP contribution in [0.1, 0.15) is 169 Å². The van der Waals surface area contributed by atoms with Gasteiger partial charge in [0.25, 0.3) is 0 Å². The van der Waals surface area contributed by atoms with Crippen molar-refractivity contribution in [1.29, 1.82) is 0 Å². The summed E-state index contributed by atoms with van der Waals surface area (Å²) in [5.41, 5.74) is 0. The van der Waals surface area contributed by atoms with Gasteiger partial charge in [0.05, 0.1) is 12.6 Å². The molecular weight excluding hydrogens is 1370 g/mol. The lowest BCUT2D eigenvalue weighted by Gasteiger charge is -2.41. The molecule has 0 saturated carbocycles. The van der Waals surface area contributed by atoms with Gasteiger partial charge in [-0.3, -0.25) is 62.3 Å². The van der Waals surface area contributed by atoms with Crippen LogP contribution in [0.15, 0.2) is 41.6 Å². The van der Waals surface area contributed by atoms with Gasteiger partial charge in [-0.05, 0) is 123 Å². The number of hydrogen-bond acceptors (Lipinski definition) is 17. The third kappa shape index (κ3) is 29.2. The number of aromatic nitrogens is 1. The highest BCUT2D eigenvalue weighted by Gasteiger charge is 2.46. The van der Waals surface area contributed by atoms with Crippen molar-refractivity contribution in [3.63, 3.8) is 0 Å². The molecule has 30 heteroatoms. The number of aliphatic hydroxyl groups is 1. The van der Waals surface area contributed by atoms with Gasteiger partial charge in [-0.2, -0.15) is 0 Å². The fraction of sp³-hybridized carbons (Fsp3) is 0.730. The van der Waals surface area contributed by atoms with Crippen molar-refractivity contribution in [2.75, 3.05) is 74.7 Å². The predicted octanol–water partition coefficient (Wildman–Crippen LogP) is 4.49. The molecule has 1 saturated heterocycles. The van der Waals surface area contributed by atoms with E-state index in [2.05, 4.69) is 36.9 Å². The summed E-state index contributed by atoms with van der Waals surface area (Å²) in [4.78, 5) is 200. The maximum Gasteiger partial charge on any atom is 0.246 e. The molecule has 0 bridgehead atoms. The first-order chi connectivity index (χ1) is 48.5. The summed E-state index contributed by atoms with van der Waals surface area (Å²) in [6.07, 6.45) is 4.83. The Hall–Kier alpha value is -7.34. The van der Waals surface area contributed by atoms with E-state index in [4.69, 9.17) is 0 Å². The number of allylic oxidation sites excluding steroid dienone is 2. The minimum absolute atomic E-state index is 0.0339. The number of hydrogen-bond donors (Lipinski definition) is 7. The smallest absolute Gasteiger partial charge is 0.246 e. The number of carbonyl (C=O) groups is 13. The Balaban J connectivity index is 2.78. The topological polar surface area (TPSA) is 350 Å². The monoisotopic (exact) mass is 1500 g/mol. The Kier molecular flexibility index (Phi) is 40.3. The average Bonchev–Trinajstić information content (AvgIpc) is 0.802. The number of aliphatic hydroxyl groups excluding tert-OH is 1. The number of amides is 13. The fourth-order valence-electron chi connectivity index (χ4n) is 12.2. The molecule has 7 N–H and O–H groups in total. The first-order valence-corrected chi connectivity index (χ1v) is 39.0. The minimum atomic E-state index is -1.73. The quantitative estimate of drug-likeness (QED) is 0.0382. The third-order valence-corrected chi connectivity index (χ3v) is 20.8. The first-order valence-electron chi connectivity index (χ1n) is 36.6. The number of likely N-dealkylation sites (N-methyl/N-ethyl adjacent to an activating group) is 7. The number of pyridine rings is 1. The highest BCUT2D eigenvalue weighted by molar-refractivity contribution is 8.76. The van der Waals surface area contributed by atoms with Gasteiger partial charge < -0.3 is 71.3 Å². The summed E-state index contributed by atoms with van der Waals surface area (Å²) in [6, 6.07) is -7.23. The van der Waals surface area contributed by atoms with Crippen LogP contribution in [0.3, 0.4) is 0 Å². The zero-order valence-electron chi connectivity index (χ0n) is 66.2. The third-order valence-electron chi connectivity index (χ3n) is 18.5. The van der Waals surface area contributed by atoms with Crippen LogP contribution in [0, 0.1) is 41.4 Å². The van der Waals surface area contributed by atoms with E-state index in [1.54, 1.807) is 59.9 Å². The molecular formula is C74H126N14O14S2. The fourth-order valence-corrected chi connectivity index (χ4v) is 14.1. The minimum Gasteiger partial charge on any atom is -0.390 e. The van der Waals surface area contributed by atoms with Gasteiger partial charge in [-0.1, -0.05) is 126 Å². The molecule has 0 spiro atoms. The Morgan fingerprint density at radius 3 is 1.53 bits per heavy atom. The van der Waals surface area contributed by atoms with E-state index < -0.39 is 156 Å². The Morgan fingerprint density at radius 2 is 1.02 bits per heavy atom. The molecule has 0 aromatic carbocycles. The van der Waals surface area contributed by atoms with Crippen LogP contribution < -0.4 is 31.9 Å². The summed E-state index contributed by atoms with van der Waals surface area (Å²) in [6.45, 7) is 27.7. The Labute approximate surface area is 626 Å². The molecule has 2 rings (SSSR count). The second kappa shape index (κ2) is 45.2. The predicted molar refractivity (Wildman–Crippen MR) is 405 cm³/mol. The molecule has 1 aromatic heterocycles. The summed E-state index contributed by atoms with van der Waals surface area (Å²) in [5.74, 6) is -10.3. The lowest BCUT2D eigenvalue weighted by Crippen LogP contribution is -2.63. The van der Waals surface area contributed by atoms with Gasteiger partial charge in [0, 0.05) is 87.2 Å². The van der Waals surface area contributed by atoms with E-state index in [-0.39, 0.29) is 93.5 Å². The SMILES string of the molecule is CC[C@@H]1NC(=O)[C@H]([C@H](O)[C@H](C)C/C=C/CCC(=O)NCCNC(=O)CCSSc2ccccn2)N(C)C(=O)[C@H](C(C)C)N(C)C(=O)[C@H](CC(C)C)N(C)C(=O)[C@H](CC(C)C)N(C)C(=O)[C@@H](C)NC(=O)[C@H](C)NC(=O)[C@H](CC(C)C)N(C)C(=O)[C@H](C(C)C)NC(=O)[C@H](CC(C)C)N(C)C(=O)CN(C)C1=O. The van der Waals surface area contributed by atoms with E-state index >= 15 is 19.2 Å². The molecule has 588 valence electrons. The van der Waals surface area contributed by atoms with Crippen LogP contribution in [-0.2, 0) is 62.3 Å². The number of carbonyl (C=O) groups excluding carboxylic acids is 13. The van der Waals surface area contributed by atoms with Crippen molar-refractivity contribution < 1.29 is 67.4 Å². The maximum atomic E-state index is 15.4. The summed E-state index contributed by atoms with van der Waals surface area (Å²) < 4.78 is 0. The van der Waals surface area contributed by atoms with Crippen LogP contribution in [-0.4, -0.2) is 262 Å². The maximum absolute atomic E-state index is 15.4. The molecule has 12 atom stereocenters. The van der Waals surface area contributed by atoms with Crippen molar-refractivity contribution in [1.82, 2.24) is 71.2 Å². The molecule has 0 radical (unpaired) electrons.